The van der Waals surface area contributed by atoms with Crippen LogP contribution in [0.1, 0.15) is 40.5 Å². The summed E-state index contributed by atoms with van der Waals surface area (Å²) in [5.41, 5.74) is -0.0473. The molecule has 0 aromatic heterocycles. The monoisotopic (exact) mass is 288 g/mol. The van der Waals surface area contributed by atoms with E-state index in [1.165, 1.54) is 0 Å². The van der Waals surface area contributed by atoms with Gasteiger partial charge in [-0.1, -0.05) is 20.8 Å². The van der Waals surface area contributed by atoms with Crippen molar-refractivity contribution in [3.63, 3.8) is 0 Å². The summed E-state index contributed by atoms with van der Waals surface area (Å²) in [6.07, 6.45) is 1.83. The molecule has 1 saturated heterocycles. The highest BCUT2D eigenvalue weighted by Gasteiger charge is 2.28. The summed E-state index contributed by atoms with van der Waals surface area (Å²) in [5.74, 6) is 1.02. The van der Waals surface area contributed by atoms with E-state index in [0.29, 0.717) is 17.8 Å². The first-order chi connectivity index (χ1) is 8.87. The normalized spacial score (nSPS) is 24.4. The molecular formula is C14H28N2O2S. The molecule has 0 saturated carbocycles. The zero-order chi connectivity index (χ0) is 14.5. The van der Waals surface area contributed by atoms with Crippen LogP contribution in [0.2, 0.25) is 0 Å². The lowest BCUT2D eigenvalue weighted by atomic mass is 9.89. The second-order valence-electron chi connectivity index (χ2n) is 6.17. The smallest absolute Gasteiger partial charge is 0.317 e. The van der Waals surface area contributed by atoms with E-state index in [1.54, 1.807) is 0 Å². The highest BCUT2D eigenvalue weighted by molar-refractivity contribution is 8.00. The lowest BCUT2D eigenvalue weighted by molar-refractivity contribution is 0.147. The molecule has 0 aromatic carbocycles. The summed E-state index contributed by atoms with van der Waals surface area (Å²) in [7, 11) is 0. The summed E-state index contributed by atoms with van der Waals surface area (Å²) in [6, 6.07) is 0.356. The average Bonchev–Trinajstić information content (AvgIpc) is 2.37. The first-order valence-electron chi connectivity index (χ1n) is 7.14. The molecule has 0 radical (unpaired) electrons. The molecule has 0 aliphatic carbocycles. The fraction of sp³-hybridized carbons (Fsp3) is 0.929. The van der Waals surface area contributed by atoms with Crippen molar-refractivity contribution in [3.05, 3.63) is 0 Å². The first-order valence-corrected chi connectivity index (χ1v) is 8.19. The lowest BCUT2D eigenvalue weighted by Crippen LogP contribution is -2.52. The molecule has 1 fully saturated rings. The molecule has 1 aliphatic heterocycles. The Morgan fingerprint density at radius 1 is 1.47 bits per heavy atom. The molecule has 2 atom stereocenters. The van der Waals surface area contributed by atoms with Crippen molar-refractivity contribution in [3.8, 4) is 0 Å². The zero-order valence-corrected chi connectivity index (χ0v) is 13.4. The van der Waals surface area contributed by atoms with E-state index in [1.807, 2.05) is 30.5 Å². The number of amides is 2. The predicted octanol–water partition coefficient (Wildman–Crippen LogP) is 2.32. The molecule has 1 heterocycles. The Labute approximate surface area is 121 Å². The van der Waals surface area contributed by atoms with Crippen LogP contribution in [0.4, 0.5) is 4.79 Å². The van der Waals surface area contributed by atoms with Gasteiger partial charge in [-0.05, 0) is 25.2 Å². The van der Waals surface area contributed by atoms with Crippen molar-refractivity contribution < 1.29 is 9.90 Å². The molecule has 1 rings (SSSR count). The largest absolute Gasteiger partial charge is 0.396 e. The van der Waals surface area contributed by atoms with Gasteiger partial charge in [0, 0.05) is 36.7 Å². The van der Waals surface area contributed by atoms with E-state index in [9.17, 15) is 9.90 Å². The molecule has 2 amide bonds. The van der Waals surface area contributed by atoms with Crippen molar-refractivity contribution >= 4 is 17.8 Å². The van der Waals surface area contributed by atoms with Gasteiger partial charge in [0.15, 0.2) is 0 Å². The SMILES string of the molecule is CC1SCCN(C(=O)NCCCC(C)(C)CO)C1C. The predicted molar refractivity (Wildman–Crippen MR) is 81.6 cm³/mol. The quantitative estimate of drug-likeness (QED) is 0.763. The number of carbonyl (C=O) groups is 1. The minimum Gasteiger partial charge on any atom is -0.396 e. The number of nitrogens with zero attached hydrogens (tertiary/aromatic N) is 1. The van der Waals surface area contributed by atoms with Gasteiger partial charge in [-0.15, -0.1) is 0 Å². The number of hydrogen-bond donors (Lipinski definition) is 2. The molecule has 19 heavy (non-hydrogen) atoms. The van der Waals surface area contributed by atoms with Gasteiger partial charge >= 0.3 is 6.03 Å². The lowest BCUT2D eigenvalue weighted by Gasteiger charge is -2.37. The summed E-state index contributed by atoms with van der Waals surface area (Å²) in [6.45, 7) is 10.1. The number of thioether (sulfide) groups is 1. The third-order valence-corrected chi connectivity index (χ3v) is 5.22. The minimum atomic E-state index is -0.0473. The van der Waals surface area contributed by atoms with Crippen LogP contribution in [0.25, 0.3) is 0 Å². The molecule has 4 nitrogen and oxygen atoms in total. The molecule has 2 unspecified atom stereocenters. The molecule has 0 aromatic rings. The van der Waals surface area contributed by atoms with E-state index in [0.717, 1.165) is 25.1 Å². The summed E-state index contributed by atoms with van der Waals surface area (Å²) < 4.78 is 0. The van der Waals surface area contributed by atoms with Crippen LogP contribution in [0, 0.1) is 5.41 Å². The fourth-order valence-electron chi connectivity index (χ4n) is 2.16. The van der Waals surface area contributed by atoms with Gasteiger partial charge < -0.3 is 15.3 Å². The minimum absolute atomic E-state index is 0.0473. The highest BCUT2D eigenvalue weighted by atomic mass is 32.2. The van der Waals surface area contributed by atoms with Crippen LogP contribution >= 0.6 is 11.8 Å². The molecular weight excluding hydrogens is 260 g/mol. The van der Waals surface area contributed by atoms with Crippen molar-refractivity contribution in [2.24, 2.45) is 5.41 Å². The Balaban J connectivity index is 2.27. The Morgan fingerprint density at radius 2 is 2.16 bits per heavy atom. The summed E-state index contributed by atoms with van der Waals surface area (Å²) in [4.78, 5) is 14.0. The number of aliphatic hydroxyl groups is 1. The number of hydrogen-bond acceptors (Lipinski definition) is 3. The van der Waals surface area contributed by atoms with Crippen molar-refractivity contribution in [1.29, 1.82) is 0 Å². The van der Waals surface area contributed by atoms with Gasteiger partial charge in [-0.2, -0.15) is 11.8 Å². The van der Waals surface area contributed by atoms with Gasteiger partial charge in [-0.25, -0.2) is 4.79 Å². The Bertz CT molecular complexity index is 297. The number of nitrogens with one attached hydrogen (secondary N) is 1. The third kappa shape index (κ3) is 5.22. The second-order valence-corrected chi connectivity index (χ2v) is 7.65. The molecule has 5 heteroatoms. The zero-order valence-electron chi connectivity index (χ0n) is 12.6. The van der Waals surface area contributed by atoms with Crippen molar-refractivity contribution in [1.82, 2.24) is 10.2 Å². The Morgan fingerprint density at radius 3 is 2.79 bits per heavy atom. The van der Waals surface area contributed by atoms with Crippen molar-refractivity contribution in [2.75, 3.05) is 25.4 Å². The number of aliphatic hydroxyl groups excluding tert-OH is 1. The fourth-order valence-corrected chi connectivity index (χ4v) is 3.26. The summed E-state index contributed by atoms with van der Waals surface area (Å²) in [5, 5.41) is 12.7. The molecule has 0 spiro atoms. The summed E-state index contributed by atoms with van der Waals surface area (Å²) >= 11 is 1.93. The highest BCUT2D eigenvalue weighted by Crippen LogP contribution is 2.24. The topological polar surface area (TPSA) is 52.6 Å². The molecule has 112 valence electrons. The number of rotatable bonds is 5. The standard InChI is InChI=1S/C14H28N2O2S/c1-11-12(2)19-9-8-16(11)13(18)15-7-5-6-14(3,4)10-17/h11-12,17H,5-10H2,1-4H3,(H,15,18). The van der Waals surface area contributed by atoms with Crippen LogP contribution in [-0.2, 0) is 0 Å². The van der Waals surface area contributed by atoms with Crippen LogP contribution in [0.5, 0.6) is 0 Å². The van der Waals surface area contributed by atoms with Crippen LogP contribution < -0.4 is 5.32 Å². The maximum absolute atomic E-state index is 12.1. The van der Waals surface area contributed by atoms with Gasteiger partial charge in [0.1, 0.15) is 0 Å². The second kappa shape index (κ2) is 7.39. The first kappa shape index (κ1) is 16.6. The molecule has 0 bridgehead atoms. The van der Waals surface area contributed by atoms with E-state index in [4.69, 9.17) is 0 Å². The molecule has 1 aliphatic rings. The van der Waals surface area contributed by atoms with Crippen LogP contribution in [0.15, 0.2) is 0 Å². The Hall–Kier alpha value is -0.420. The van der Waals surface area contributed by atoms with Gasteiger partial charge in [-0.3, -0.25) is 0 Å². The number of carbonyl (C=O) groups excluding carboxylic acids is 1. The van der Waals surface area contributed by atoms with E-state index in [2.05, 4.69) is 19.2 Å². The van der Waals surface area contributed by atoms with E-state index < -0.39 is 0 Å². The molecule has 2 N–H and O–H groups in total. The van der Waals surface area contributed by atoms with E-state index >= 15 is 0 Å². The average molecular weight is 288 g/mol. The van der Waals surface area contributed by atoms with Gasteiger partial charge in [0.05, 0.1) is 0 Å². The van der Waals surface area contributed by atoms with Gasteiger partial charge in [0.25, 0.3) is 0 Å². The van der Waals surface area contributed by atoms with Crippen LogP contribution in [-0.4, -0.2) is 52.8 Å². The maximum atomic E-state index is 12.1. The third-order valence-electron chi connectivity index (χ3n) is 3.88. The van der Waals surface area contributed by atoms with Gasteiger partial charge in [0.2, 0.25) is 0 Å². The maximum Gasteiger partial charge on any atom is 0.317 e. The van der Waals surface area contributed by atoms with Crippen LogP contribution in [0.3, 0.4) is 0 Å². The number of urea groups is 1. The van der Waals surface area contributed by atoms with Crippen molar-refractivity contribution in [2.45, 2.75) is 51.8 Å². The van der Waals surface area contributed by atoms with E-state index in [-0.39, 0.29) is 18.1 Å². The Kier molecular flexibility index (Phi) is 6.47.